The Bertz CT molecular complexity index is 679. The van der Waals surface area contributed by atoms with E-state index in [1.165, 1.54) is 22.3 Å². The summed E-state index contributed by atoms with van der Waals surface area (Å²) in [5.41, 5.74) is 12.1. The molecule has 21 heavy (non-hydrogen) atoms. The van der Waals surface area contributed by atoms with Gasteiger partial charge in [-0.3, -0.25) is 4.21 Å². The third-order valence-corrected chi connectivity index (χ3v) is 5.34. The van der Waals surface area contributed by atoms with Crippen LogP contribution in [0.15, 0.2) is 41.3 Å². The Morgan fingerprint density at radius 1 is 0.952 bits per heavy atom. The fraction of sp³-hybridized carbons (Fsp3) is 0.333. The Morgan fingerprint density at radius 2 is 1.67 bits per heavy atom. The summed E-state index contributed by atoms with van der Waals surface area (Å²) >= 11 is 0. The van der Waals surface area contributed by atoms with Crippen molar-refractivity contribution in [3.8, 4) is 0 Å². The predicted molar refractivity (Wildman–Crippen MR) is 90.0 cm³/mol. The highest BCUT2D eigenvalue weighted by Gasteiger charge is 2.14. The van der Waals surface area contributed by atoms with Crippen molar-refractivity contribution < 1.29 is 4.21 Å². The summed E-state index contributed by atoms with van der Waals surface area (Å²) in [5, 5.41) is 0. The normalized spacial score (nSPS) is 14.0. The summed E-state index contributed by atoms with van der Waals surface area (Å²) in [7, 11) is -1.07. The lowest BCUT2D eigenvalue weighted by Gasteiger charge is -2.15. The smallest absolute Gasteiger partial charge is 0.0548 e. The van der Waals surface area contributed by atoms with Crippen molar-refractivity contribution in [1.29, 1.82) is 0 Å². The summed E-state index contributed by atoms with van der Waals surface area (Å²) < 4.78 is 12.5. The summed E-state index contributed by atoms with van der Waals surface area (Å²) in [6, 6.07) is 12.0. The lowest BCUT2D eigenvalue weighted by Crippen LogP contribution is -2.19. The molecule has 2 unspecified atom stereocenters. The molecule has 0 fully saturated rings. The van der Waals surface area contributed by atoms with Gasteiger partial charge in [0, 0.05) is 16.7 Å². The van der Waals surface area contributed by atoms with Crippen LogP contribution in [0.3, 0.4) is 0 Å². The van der Waals surface area contributed by atoms with Crippen molar-refractivity contribution in [3.05, 3.63) is 64.2 Å². The number of hydrogen-bond acceptors (Lipinski definition) is 2. The average molecular weight is 301 g/mol. The van der Waals surface area contributed by atoms with Crippen LogP contribution >= 0.6 is 0 Å². The zero-order chi connectivity index (χ0) is 15.6. The zero-order valence-electron chi connectivity index (χ0n) is 13.1. The van der Waals surface area contributed by atoms with Crippen molar-refractivity contribution in [3.63, 3.8) is 0 Å². The molecule has 0 bridgehead atoms. The van der Waals surface area contributed by atoms with Gasteiger partial charge in [-0.05, 0) is 62.1 Å². The van der Waals surface area contributed by atoms with Crippen molar-refractivity contribution in [2.75, 3.05) is 5.75 Å². The molecule has 2 aromatic rings. The molecule has 0 aliphatic rings. The van der Waals surface area contributed by atoms with Gasteiger partial charge in [-0.25, -0.2) is 0 Å². The van der Waals surface area contributed by atoms with Gasteiger partial charge in [0.1, 0.15) is 0 Å². The van der Waals surface area contributed by atoms with Crippen molar-refractivity contribution in [2.45, 2.75) is 38.6 Å². The van der Waals surface area contributed by atoms with Gasteiger partial charge in [0.05, 0.1) is 10.8 Å². The highest BCUT2D eigenvalue weighted by atomic mass is 32.2. The SMILES string of the molecule is Cc1ccc(C(N)CS(=O)c2ccc(C)c(C)c2)c(C)c1. The molecule has 0 aliphatic carbocycles. The van der Waals surface area contributed by atoms with E-state index in [9.17, 15) is 4.21 Å². The number of aryl methyl sites for hydroxylation is 4. The van der Waals surface area contributed by atoms with Crippen molar-refractivity contribution in [2.24, 2.45) is 5.73 Å². The molecular formula is C18H23NOS. The molecule has 0 aromatic heterocycles. The summed E-state index contributed by atoms with van der Waals surface area (Å²) in [6.07, 6.45) is 0. The minimum absolute atomic E-state index is 0.201. The molecule has 2 atom stereocenters. The maximum absolute atomic E-state index is 12.5. The molecule has 0 heterocycles. The summed E-state index contributed by atoms with van der Waals surface area (Å²) in [5.74, 6) is 0.451. The Hall–Kier alpha value is -1.45. The number of benzene rings is 2. The third kappa shape index (κ3) is 3.80. The standard InChI is InChI=1S/C18H23NOS/c1-12-5-8-17(15(4)9-12)18(19)11-21(20)16-7-6-13(2)14(3)10-16/h5-10,18H,11,19H2,1-4H3. The van der Waals surface area contributed by atoms with E-state index >= 15 is 0 Å². The molecular weight excluding hydrogens is 278 g/mol. The zero-order valence-corrected chi connectivity index (χ0v) is 14.0. The van der Waals surface area contributed by atoms with Gasteiger partial charge in [0.2, 0.25) is 0 Å². The lowest BCUT2D eigenvalue weighted by molar-refractivity contribution is 0.675. The first kappa shape index (κ1) is 15.9. The third-order valence-electron chi connectivity index (χ3n) is 3.90. The molecule has 2 aromatic carbocycles. The molecule has 0 aliphatic heterocycles. The second-order valence-corrected chi connectivity index (χ2v) is 7.22. The molecule has 112 valence electrons. The van der Waals surface area contributed by atoms with E-state index in [4.69, 9.17) is 5.73 Å². The van der Waals surface area contributed by atoms with Gasteiger partial charge in [-0.1, -0.05) is 29.8 Å². The highest BCUT2D eigenvalue weighted by Crippen LogP contribution is 2.21. The maximum Gasteiger partial charge on any atom is 0.0548 e. The van der Waals surface area contributed by atoms with E-state index in [0.29, 0.717) is 5.75 Å². The Balaban J connectivity index is 2.16. The molecule has 0 saturated heterocycles. The topological polar surface area (TPSA) is 43.1 Å². The average Bonchev–Trinajstić information content (AvgIpc) is 2.41. The first-order chi connectivity index (χ1) is 9.88. The van der Waals surface area contributed by atoms with E-state index in [-0.39, 0.29) is 6.04 Å². The largest absolute Gasteiger partial charge is 0.323 e. The monoisotopic (exact) mass is 301 g/mol. The van der Waals surface area contributed by atoms with Gasteiger partial charge in [0.15, 0.2) is 0 Å². The van der Waals surface area contributed by atoms with Gasteiger partial charge < -0.3 is 5.73 Å². The van der Waals surface area contributed by atoms with Gasteiger partial charge in [-0.15, -0.1) is 0 Å². The van der Waals surface area contributed by atoms with Crippen LogP contribution in [0.1, 0.15) is 33.9 Å². The lowest BCUT2D eigenvalue weighted by atomic mass is 10.0. The molecule has 2 nitrogen and oxygen atoms in total. The molecule has 0 radical (unpaired) electrons. The fourth-order valence-corrected chi connectivity index (χ4v) is 3.67. The van der Waals surface area contributed by atoms with Crippen LogP contribution in [0.2, 0.25) is 0 Å². The Morgan fingerprint density at radius 3 is 2.29 bits per heavy atom. The quantitative estimate of drug-likeness (QED) is 0.935. The van der Waals surface area contributed by atoms with E-state index in [1.54, 1.807) is 0 Å². The van der Waals surface area contributed by atoms with Crippen LogP contribution in [-0.2, 0) is 10.8 Å². The van der Waals surface area contributed by atoms with Gasteiger partial charge in [0.25, 0.3) is 0 Å². The molecule has 0 saturated carbocycles. The second-order valence-electron chi connectivity index (χ2n) is 5.72. The predicted octanol–water partition coefficient (Wildman–Crippen LogP) is 3.73. The first-order valence-electron chi connectivity index (χ1n) is 7.17. The van der Waals surface area contributed by atoms with Crippen LogP contribution < -0.4 is 5.73 Å². The maximum atomic E-state index is 12.5. The Labute approximate surface area is 129 Å². The van der Waals surface area contributed by atoms with E-state index in [0.717, 1.165) is 10.5 Å². The van der Waals surface area contributed by atoms with Crippen LogP contribution in [0, 0.1) is 27.7 Å². The van der Waals surface area contributed by atoms with Crippen molar-refractivity contribution >= 4 is 10.8 Å². The second kappa shape index (κ2) is 6.54. The first-order valence-corrected chi connectivity index (χ1v) is 8.48. The minimum atomic E-state index is -1.07. The van der Waals surface area contributed by atoms with E-state index in [2.05, 4.69) is 32.9 Å². The molecule has 2 rings (SSSR count). The Kier molecular flexibility index (Phi) is 4.96. The molecule has 0 amide bonds. The molecule has 3 heteroatoms. The van der Waals surface area contributed by atoms with Gasteiger partial charge in [-0.2, -0.15) is 0 Å². The molecule has 2 N–H and O–H groups in total. The summed E-state index contributed by atoms with van der Waals surface area (Å²) in [4.78, 5) is 0.860. The number of hydrogen-bond donors (Lipinski definition) is 1. The highest BCUT2D eigenvalue weighted by molar-refractivity contribution is 7.85. The van der Waals surface area contributed by atoms with Crippen LogP contribution in [0.4, 0.5) is 0 Å². The minimum Gasteiger partial charge on any atom is -0.323 e. The summed E-state index contributed by atoms with van der Waals surface area (Å²) in [6.45, 7) is 8.22. The van der Waals surface area contributed by atoms with Crippen molar-refractivity contribution in [1.82, 2.24) is 0 Å². The fourth-order valence-electron chi connectivity index (χ4n) is 2.45. The van der Waals surface area contributed by atoms with E-state index in [1.807, 2.05) is 31.2 Å². The van der Waals surface area contributed by atoms with E-state index < -0.39 is 10.8 Å². The van der Waals surface area contributed by atoms with Crippen LogP contribution in [0.25, 0.3) is 0 Å². The van der Waals surface area contributed by atoms with Crippen LogP contribution in [-0.4, -0.2) is 9.96 Å². The van der Waals surface area contributed by atoms with Gasteiger partial charge >= 0.3 is 0 Å². The van der Waals surface area contributed by atoms with Crippen LogP contribution in [0.5, 0.6) is 0 Å². The number of nitrogens with two attached hydrogens (primary N) is 1. The molecule has 0 spiro atoms. The number of rotatable bonds is 4.